The number of nitrogens with one attached hydrogen (secondary N) is 2. The molecule has 0 bridgehead atoms. The van der Waals surface area contributed by atoms with E-state index in [9.17, 15) is 8.42 Å². The van der Waals surface area contributed by atoms with Crippen molar-refractivity contribution in [3.8, 4) is 0 Å². The minimum atomic E-state index is -2.96. The molecule has 1 aliphatic rings. The van der Waals surface area contributed by atoms with Crippen molar-refractivity contribution >= 4 is 39.8 Å². The Labute approximate surface area is 192 Å². The highest BCUT2D eigenvalue weighted by Crippen LogP contribution is 2.21. The van der Waals surface area contributed by atoms with Crippen LogP contribution in [-0.2, 0) is 14.6 Å². The highest BCUT2D eigenvalue weighted by Gasteiger charge is 2.23. The number of aryl methyl sites for hydroxylation is 1. The van der Waals surface area contributed by atoms with Crippen LogP contribution in [0, 0.1) is 6.92 Å². The molecule has 1 aromatic carbocycles. The molecule has 1 aromatic rings. The van der Waals surface area contributed by atoms with Crippen LogP contribution in [0.3, 0.4) is 0 Å². The third-order valence-corrected chi connectivity index (χ3v) is 5.92. The molecule has 2 N–H and O–H groups in total. The normalized spacial score (nSPS) is 17.9. The van der Waals surface area contributed by atoms with E-state index >= 15 is 0 Å². The van der Waals surface area contributed by atoms with E-state index in [2.05, 4.69) is 51.7 Å². The van der Waals surface area contributed by atoms with Crippen molar-refractivity contribution in [2.45, 2.75) is 32.4 Å². The maximum absolute atomic E-state index is 11.4. The number of nitrogens with zero attached hydrogens (tertiary/aromatic N) is 2. The summed E-state index contributed by atoms with van der Waals surface area (Å²) in [4.78, 5) is 6.73. The molecule has 0 amide bonds. The van der Waals surface area contributed by atoms with Crippen LogP contribution in [0.25, 0.3) is 0 Å². The van der Waals surface area contributed by atoms with Gasteiger partial charge < -0.3 is 15.4 Å². The standard InChI is InChI=1S/C20H34N4O3S.HI/c1-16-5-7-18(8-6-16)19(24-10-12-27-13-11-24)15-22-20(21-3)23-17(2)9-14-28(4,25)26;/h5-8,17,19H,9-15H2,1-4H3,(H2,21,22,23);1H. The fourth-order valence-electron chi connectivity index (χ4n) is 3.22. The molecule has 1 fully saturated rings. The Bertz CT molecular complexity index is 735. The molecule has 1 aliphatic heterocycles. The Hall–Kier alpha value is -0.910. The van der Waals surface area contributed by atoms with Crippen LogP contribution in [0.2, 0.25) is 0 Å². The van der Waals surface area contributed by atoms with Crippen molar-refractivity contribution in [1.82, 2.24) is 15.5 Å². The molecule has 2 rings (SSSR count). The van der Waals surface area contributed by atoms with Gasteiger partial charge in [-0.05, 0) is 25.8 Å². The second kappa shape index (κ2) is 12.7. The SMILES string of the molecule is CN=C(NCC(c1ccc(C)cc1)N1CCOCC1)NC(C)CCS(C)(=O)=O.I. The van der Waals surface area contributed by atoms with Crippen LogP contribution in [0.1, 0.15) is 30.5 Å². The van der Waals surface area contributed by atoms with Crippen LogP contribution in [-0.4, -0.2) is 77.2 Å². The largest absolute Gasteiger partial charge is 0.379 e. The first-order chi connectivity index (χ1) is 13.3. The van der Waals surface area contributed by atoms with Gasteiger partial charge in [-0.2, -0.15) is 0 Å². The number of aliphatic imine (C=N–C) groups is 1. The fraction of sp³-hybridized carbons (Fsp3) is 0.650. The van der Waals surface area contributed by atoms with Gasteiger partial charge in [0.15, 0.2) is 5.96 Å². The predicted octanol–water partition coefficient (Wildman–Crippen LogP) is 1.97. The molecule has 2 atom stereocenters. The molecule has 0 radical (unpaired) electrons. The van der Waals surface area contributed by atoms with Gasteiger partial charge in [0.25, 0.3) is 0 Å². The molecule has 1 saturated heterocycles. The predicted molar refractivity (Wildman–Crippen MR) is 130 cm³/mol. The number of guanidine groups is 1. The quantitative estimate of drug-likeness (QED) is 0.299. The van der Waals surface area contributed by atoms with Crippen molar-refractivity contribution < 1.29 is 13.2 Å². The highest BCUT2D eigenvalue weighted by atomic mass is 127. The Morgan fingerprint density at radius 2 is 1.86 bits per heavy atom. The van der Waals surface area contributed by atoms with E-state index in [1.165, 1.54) is 17.4 Å². The van der Waals surface area contributed by atoms with Crippen molar-refractivity contribution in [2.75, 3.05) is 51.9 Å². The summed E-state index contributed by atoms with van der Waals surface area (Å²) < 4.78 is 28.3. The molecule has 0 aliphatic carbocycles. The molecule has 1 heterocycles. The summed E-state index contributed by atoms with van der Waals surface area (Å²) in [5.41, 5.74) is 2.51. The van der Waals surface area contributed by atoms with Crippen molar-refractivity contribution in [1.29, 1.82) is 0 Å². The van der Waals surface area contributed by atoms with Crippen LogP contribution < -0.4 is 10.6 Å². The number of rotatable bonds is 8. The smallest absolute Gasteiger partial charge is 0.191 e. The lowest BCUT2D eigenvalue weighted by Gasteiger charge is -2.35. The Morgan fingerprint density at radius 3 is 2.41 bits per heavy atom. The van der Waals surface area contributed by atoms with E-state index in [0.29, 0.717) is 18.9 Å². The molecule has 0 spiro atoms. The monoisotopic (exact) mass is 538 g/mol. The fourth-order valence-corrected chi connectivity index (χ4v) is 4.00. The number of hydrogen-bond acceptors (Lipinski definition) is 5. The Morgan fingerprint density at radius 1 is 1.24 bits per heavy atom. The maximum atomic E-state index is 11.4. The van der Waals surface area contributed by atoms with E-state index < -0.39 is 9.84 Å². The van der Waals surface area contributed by atoms with Crippen LogP contribution in [0.4, 0.5) is 0 Å². The van der Waals surface area contributed by atoms with Crippen molar-refractivity contribution in [3.63, 3.8) is 0 Å². The van der Waals surface area contributed by atoms with Crippen molar-refractivity contribution in [3.05, 3.63) is 35.4 Å². The third kappa shape index (κ3) is 9.63. The molecule has 7 nitrogen and oxygen atoms in total. The molecular weight excluding hydrogens is 503 g/mol. The van der Waals surface area contributed by atoms with E-state index in [-0.39, 0.29) is 41.8 Å². The number of ether oxygens (including phenoxy) is 1. The van der Waals surface area contributed by atoms with Gasteiger partial charge in [-0.15, -0.1) is 24.0 Å². The van der Waals surface area contributed by atoms with E-state index in [0.717, 1.165) is 26.3 Å². The lowest BCUT2D eigenvalue weighted by atomic mass is 10.0. The van der Waals surface area contributed by atoms with Gasteiger partial charge >= 0.3 is 0 Å². The maximum Gasteiger partial charge on any atom is 0.191 e. The van der Waals surface area contributed by atoms with E-state index in [1.54, 1.807) is 7.05 Å². The van der Waals surface area contributed by atoms with Gasteiger partial charge in [0.2, 0.25) is 0 Å². The molecule has 2 unspecified atom stereocenters. The highest BCUT2D eigenvalue weighted by molar-refractivity contribution is 14.0. The summed E-state index contributed by atoms with van der Waals surface area (Å²) in [7, 11) is -1.23. The second-order valence-electron chi connectivity index (χ2n) is 7.49. The van der Waals surface area contributed by atoms with E-state index in [1.807, 2.05) is 6.92 Å². The summed E-state index contributed by atoms with van der Waals surface area (Å²) in [6.07, 6.45) is 1.81. The van der Waals surface area contributed by atoms with Gasteiger partial charge in [0.1, 0.15) is 9.84 Å². The van der Waals surface area contributed by atoms with Crippen LogP contribution in [0.15, 0.2) is 29.3 Å². The minimum Gasteiger partial charge on any atom is -0.379 e. The number of morpholine rings is 1. The van der Waals surface area contributed by atoms with Crippen LogP contribution >= 0.6 is 24.0 Å². The average molecular weight is 538 g/mol. The summed E-state index contributed by atoms with van der Waals surface area (Å²) in [5.74, 6) is 0.851. The Balaban J connectivity index is 0.00000420. The van der Waals surface area contributed by atoms with Gasteiger partial charge in [0.05, 0.1) is 25.0 Å². The molecule has 0 saturated carbocycles. The zero-order valence-electron chi connectivity index (χ0n) is 17.8. The minimum absolute atomic E-state index is 0. The first-order valence-corrected chi connectivity index (χ1v) is 11.9. The molecule has 9 heteroatoms. The zero-order chi connectivity index (χ0) is 20.6. The molecule has 166 valence electrons. The first-order valence-electron chi connectivity index (χ1n) is 9.82. The summed E-state index contributed by atoms with van der Waals surface area (Å²) in [6.45, 7) is 8.07. The molecule has 0 aromatic heterocycles. The number of sulfone groups is 1. The first kappa shape index (κ1) is 26.1. The van der Waals surface area contributed by atoms with E-state index in [4.69, 9.17) is 4.74 Å². The molecule has 29 heavy (non-hydrogen) atoms. The van der Waals surface area contributed by atoms with Gasteiger partial charge in [-0.3, -0.25) is 9.89 Å². The topological polar surface area (TPSA) is 83.0 Å². The van der Waals surface area contributed by atoms with Gasteiger partial charge in [-0.25, -0.2) is 8.42 Å². The number of hydrogen-bond donors (Lipinski definition) is 2. The lowest BCUT2D eigenvalue weighted by Crippen LogP contribution is -2.48. The Kier molecular flexibility index (Phi) is 11.4. The van der Waals surface area contributed by atoms with Crippen LogP contribution in [0.5, 0.6) is 0 Å². The lowest BCUT2D eigenvalue weighted by molar-refractivity contribution is 0.0170. The summed E-state index contributed by atoms with van der Waals surface area (Å²) in [6, 6.07) is 8.88. The number of halogens is 1. The van der Waals surface area contributed by atoms with Gasteiger partial charge in [0, 0.05) is 39.0 Å². The molecular formula is C20H35IN4O3S. The summed E-state index contributed by atoms with van der Waals surface area (Å²) in [5, 5.41) is 6.70. The van der Waals surface area contributed by atoms with Crippen molar-refractivity contribution in [2.24, 2.45) is 4.99 Å². The van der Waals surface area contributed by atoms with Gasteiger partial charge in [-0.1, -0.05) is 29.8 Å². The third-order valence-electron chi connectivity index (χ3n) is 4.94. The number of benzene rings is 1. The summed E-state index contributed by atoms with van der Waals surface area (Å²) >= 11 is 0. The second-order valence-corrected chi connectivity index (χ2v) is 9.75. The average Bonchev–Trinajstić information content (AvgIpc) is 2.67. The zero-order valence-corrected chi connectivity index (χ0v) is 21.0.